The Morgan fingerprint density at radius 2 is 1.90 bits per heavy atom. The molecule has 3 heteroatoms. The number of imidazole rings is 1. The van der Waals surface area contributed by atoms with Crippen molar-refractivity contribution in [1.29, 1.82) is 0 Å². The van der Waals surface area contributed by atoms with Gasteiger partial charge in [0.25, 0.3) is 0 Å². The van der Waals surface area contributed by atoms with Crippen molar-refractivity contribution in [2.75, 3.05) is 6.54 Å². The number of rotatable bonds is 6. The van der Waals surface area contributed by atoms with E-state index in [1.165, 1.54) is 18.4 Å². The Kier molecular flexibility index (Phi) is 3.85. The van der Waals surface area contributed by atoms with Crippen LogP contribution in [0.5, 0.6) is 0 Å². The highest BCUT2D eigenvalue weighted by Crippen LogP contribution is 2.51. The molecule has 3 nitrogen and oxygen atoms in total. The van der Waals surface area contributed by atoms with E-state index in [4.69, 9.17) is 0 Å². The largest absolute Gasteiger partial charge is 0.310 e. The van der Waals surface area contributed by atoms with Gasteiger partial charge < -0.3 is 9.88 Å². The van der Waals surface area contributed by atoms with E-state index in [9.17, 15) is 0 Å². The van der Waals surface area contributed by atoms with Gasteiger partial charge in [-0.3, -0.25) is 0 Å². The van der Waals surface area contributed by atoms with Crippen molar-refractivity contribution in [3.05, 3.63) is 48.5 Å². The number of hydrogen-bond acceptors (Lipinski definition) is 2. The molecule has 2 aromatic rings. The summed E-state index contributed by atoms with van der Waals surface area (Å²) in [4.78, 5) is 4.09. The molecule has 1 aliphatic carbocycles. The van der Waals surface area contributed by atoms with Crippen LogP contribution in [-0.4, -0.2) is 16.1 Å². The van der Waals surface area contributed by atoms with Crippen molar-refractivity contribution in [3.8, 4) is 5.69 Å². The third-order valence-electron chi connectivity index (χ3n) is 5.07. The molecule has 1 saturated carbocycles. The summed E-state index contributed by atoms with van der Waals surface area (Å²) in [5.74, 6) is 0.779. The summed E-state index contributed by atoms with van der Waals surface area (Å²) >= 11 is 0. The Hall–Kier alpha value is -1.61. The van der Waals surface area contributed by atoms with E-state index in [0.717, 1.165) is 18.2 Å². The lowest BCUT2D eigenvalue weighted by Gasteiger charge is -2.23. The fourth-order valence-corrected chi connectivity index (χ4v) is 2.94. The molecule has 1 fully saturated rings. The van der Waals surface area contributed by atoms with Crippen molar-refractivity contribution in [1.82, 2.24) is 14.9 Å². The molecular weight excluding hydrogens is 258 g/mol. The molecule has 21 heavy (non-hydrogen) atoms. The van der Waals surface area contributed by atoms with Gasteiger partial charge in [-0.1, -0.05) is 26.0 Å². The lowest BCUT2D eigenvalue weighted by Crippen LogP contribution is -2.29. The van der Waals surface area contributed by atoms with Crippen molar-refractivity contribution < 1.29 is 0 Å². The summed E-state index contributed by atoms with van der Waals surface area (Å²) in [7, 11) is 0. The summed E-state index contributed by atoms with van der Waals surface area (Å²) in [5.41, 5.74) is 3.06. The first-order valence-electron chi connectivity index (χ1n) is 7.92. The Morgan fingerprint density at radius 1 is 1.19 bits per heavy atom. The highest BCUT2D eigenvalue weighted by atomic mass is 15.0. The first-order chi connectivity index (χ1) is 10.1. The van der Waals surface area contributed by atoms with Gasteiger partial charge in [-0.05, 0) is 48.8 Å². The predicted molar refractivity (Wildman–Crippen MR) is 86.5 cm³/mol. The first-order valence-corrected chi connectivity index (χ1v) is 7.92. The summed E-state index contributed by atoms with van der Waals surface area (Å²) in [5, 5.41) is 3.72. The molecule has 1 atom stereocenters. The molecule has 0 bridgehead atoms. The molecular formula is C18H25N3. The van der Waals surface area contributed by atoms with Gasteiger partial charge in [-0.15, -0.1) is 0 Å². The van der Waals surface area contributed by atoms with E-state index in [1.54, 1.807) is 6.20 Å². The van der Waals surface area contributed by atoms with Gasteiger partial charge in [0.05, 0.1) is 6.33 Å². The maximum Gasteiger partial charge on any atom is 0.0991 e. The summed E-state index contributed by atoms with van der Waals surface area (Å²) in [6.45, 7) is 8.08. The summed E-state index contributed by atoms with van der Waals surface area (Å²) < 4.78 is 2.03. The SMILES string of the molecule is CC(NCC1(C(C)C)CC1)c1ccc(-n2ccnc2)cc1. The molecule has 1 unspecified atom stereocenters. The molecule has 0 spiro atoms. The zero-order chi connectivity index (χ0) is 14.9. The van der Waals surface area contributed by atoms with Crippen LogP contribution in [0.1, 0.15) is 45.2 Å². The molecule has 0 saturated heterocycles. The van der Waals surface area contributed by atoms with Crippen molar-refractivity contribution >= 4 is 0 Å². The van der Waals surface area contributed by atoms with Crippen molar-refractivity contribution in [2.45, 2.75) is 39.7 Å². The van der Waals surface area contributed by atoms with Crippen LogP contribution in [0.3, 0.4) is 0 Å². The number of nitrogens with one attached hydrogen (secondary N) is 1. The third kappa shape index (κ3) is 3.03. The van der Waals surface area contributed by atoms with E-state index in [1.807, 2.05) is 17.1 Å². The zero-order valence-electron chi connectivity index (χ0n) is 13.2. The molecule has 1 N–H and O–H groups in total. The Labute approximate surface area is 127 Å². The zero-order valence-corrected chi connectivity index (χ0v) is 13.2. The minimum atomic E-state index is 0.401. The third-order valence-corrected chi connectivity index (χ3v) is 5.07. The maximum absolute atomic E-state index is 4.09. The summed E-state index contributed by atoms with van der Waals surface area (Å²) in [6.07, 6.45) is 8.36. The number of hydrogen-bond donors (Lipinski definition) is 1. The Bertz CT molecular complexity index is 565. The quantitative estimate of drug-likeness (QED) is 0.869. The molecule has 0 radical (unpaired) electrons. The second-order valence-electron chi connectivity index (χ2n) is 6.68. The Morgan fingerprint density at radius 3 is 2.43 bits per heavy atom. The van der Waals surface area contributed by atoms with Gasteiger partial charge in [0.2, 0.25) is 0 Å². The van der Waals surface area contributed by atoms with Gasteiger partial charge in [0.1, 0.15) is 0 Å². The Balaban J connectivity index is 1.61. The smallest absolute Gasteiger partial charge is 0.0991 e. The predicted octanol–water partition coefficient (Wildman–Crippen LogP) is 3.96. The number of aromatic nitrogens is 2. The lowest BCUT2D eigenvalue weighted by atomic mass is 9.92. The van der Waals surface area contributed by atoms with Gasteiger partial charge in [0.15, 0.2) is 0 Å². The van der Waals surface area contributed by atoms with Gasteiger partial charge >= 0.3 is 0 Å². The van der Waals surface area contributed by atoms with Crippen LogP contribution in [-0.2, 0) is 0 Å². The maximum atomic E-state index is 4.09. The minimum Gasteiger partial charge on any atom is -0.310 e. The van der Waals surface area contributed by atoms with E-state index >= 15 is 0 Å². The van der Waals surface area contributed by atoms with Crippen LogP contribution >= 0.6 is 0 Å². The molecule has 3 rings (SSSR count). The van der Waals surface area contributed by atoms with E-state index in [2.05, 4.69) is 55.3 Å². The monoisotopic (exact) mass is 283 g/mol. The lowest BCUT2D eigenvalue weighted by molar-refractivity contribution is 0.325. The molecule has 1 aromatic heterocycles. The van der Waals surface area contributed by atoms with Crippen LogP contribution in [0, 0.1) is 11.3 Å². The van der Waals surface area contributed by atoms with Crippen molar-refractivity contribution in [3.63, 3.8) is 0 Å². The normalized spacial score (nSPS) is 17.9. The molecule has 0 amide bonds. The van der Waals surface area contributed by atoms with Gasteiger partial charge in [-0.25, -0.2) is 4.98 Å². The van der Waals surface area contributed by atoms with E-state index in [0.29, 0.717) is 11.5 Å². The van der Waals surface area contributed by atoms with E-state index in [-0.39, 0.29) is 0 Å². The average molecular weight is 283 g/mol. The van der Waals surface area contributed by atoms with Crippen LogP contribution in [0.4, 0.5) is 0 Å². The molecule has 0 aliphatic heterocycles. The van der Waals surface area contributed by atoms with Crippen LogP contribution < -0.4 is 5.32 Å². The molecule has 112 valence electrons. The fraction of sp³-hybridized carbons (Fsp3) is 0.500. The minimum absolute atomic E-state index is 0.401. The van der Waals surface area contributed by atoms with Crippen LogP contribution in [0.15, 0.2) is 43.0 Å². The second-order valence-corrected chi connectivity index (χ2v) is 6.68. The summed E-state index contributed by atoms with van der Waals surface area (Å²) in [6, 6.07) is 9.14. The van der Waals surface area contributed by atoms with Crippen molar-refractivity contribution in [2.24, 2.45) is 11.3 Å². The molecule has 1 aromatic carbocycles. The highest BCUT2D eigenvalue weighted by Gasteiger charge is 2.44. The molecule has 1 aliphatic rings. The molecule has 1 heterocycles. The second kappa shape index (κ2) is 5.64. The first kappa shape index (κ1) is 14.3. The van der Waals surface area contributed by atoms with E-state index < -0.39 is 0 Å². The highest BCUT2D eigenvalue weighted by molar-refractivity contribution is 5.35. The van der Waals surface area contributed by atoms with Crippen LogP contribution in [0.25, 0.3) is 5.69 Å². The van der Waals surface area contributed by atoms with Crippen LogP contribution in [0.2, 0.25) is 0 Å². The standard InChI is InChI=1S/C18H25N3/c1-14(2)18(8-9-18)12-20-15(3)16-4-6-17(7-5-16)21-11-10-19-13-21/h4-7,10-11,13-15,20H,8-9,12H2,1-3H3. The topological polar surface area (TPSA) is 29.9 Å². The average Bonchev–Trinajstić information content (AvgIpc) is 3.10. The number of benzene rings is 1. The fourth-order valence-electron chi connectivity index (χ4n) is 2.94. The van der Waals surface area contributed by atoms with Gasteiger partial charge in [0, 0.05) is 30.7 Å². The van der Waals surface area contributed by atoms with Gasteiger partial charge in [-0.2, -0.15) is 0 Å². The number of nitrogens with zero attached hydrogens (tertiary/aromatic N) is 2.